The summed E-state index contributed by atoms with van der Waals surface area (Å²) in [6.07, 6.45) is 5.35. The van der Waals surface area contributed by atoms with Gasteiger partial charge in [-0.25, -0.2) is 0 Å². The topological polar surface area (TPSA) is 82.6 Å². The number of hydrogen-bond acceptors (Lipinski definition) is 7. The fourth-order valence-electron chi connectivity index (χ4n) is 6.21. The molecule has 198 valence electrons. The van der Waals surface area contributed by atoms with Crippen LogP contribution in [0.1, 0.15) is 42.3 Å². The Morgan fingerprint density at radius 1 is 1.21 bits per heavy atom. The SMILES string of the molecule is COC1CC(c2cccc(-c3coc4c(C)cc(CN5CCO[C@H](C)C5)cc4c3=O)c2)(c2nncn2C)C1. The van der Waals surface area contributed by atoms with Gasteiger partial charge in [0.15, 0.2) is 0 Å². The molecule has 2 aromatic carbocycles. The van der Waals surface area contributed by atoms with Gasteiger partial charge in [0, 0.05) is 33.8 Å². The average Bonchev–Trinajstić information content (AvgIpc) is 3.31. The van der Waals surface area contributed by atoms with Gasteiger partial charge in [0.05, 0.1) is 35.2 Å². The first-order valence-electron chi connectivity index (χ1n) is 13.2. The van der Waals surface area contributed by atoms with Gasteiger partial charge in [-0.1, -0.05) is 24.3 Å². The number of aromatic nitrogens is 3. The molecule has 0 spiro atoms. The van der Waals surface area contributed by atoms with Crippen molar-refractivity contribution >= 4 is 11.0 Å². The van der Waals surface area contributed by atoms with Gasteiger partial charge in [-0.15, -0.1) is 10.2 Å². The number of hydrogen-bond donors (Lipinski definition) is 0. The lowest BCUT2D eigenvalue weighted by molar-refractivity contribution is -0.0212. The summed E-state index contributed by atoms with van der Waals surface area (Å²) < 4.78 is 19.4. The maximum Gasteiger partial charge on any atom is 0.200 e. The largest absolute Gasteiger partial charge is 0.463 e. The second-order valence-electron chi connectivity index (χ2n) is 10.9. The summed E-state index contributed by atoms with van der Waals surface area (Å²) in [7, 11) is 3.72. The van der Waals surface area contributed by atoms with Gasteiger partial charge in [-0.3, -0.25) is 9.69 Å². The van der Waals surface area contributed by atoms with E-state index in [2.05, 4.69) is 40.2 Å². The molecular formula is C30H34N4O4. The molecule has 0 unspecified atom stereocenters. The first-order valence-corrected chi connectivity index (χ1v) is 13.2. The summed E-state index contributed by atoms with van der Waals surface area (Å²) in [5.41, 5.74) is 4.91. The molecule has 4 aromatic rings. The van der Waals surface area contributed by atoms with Crippen molar-refractivity contribution in [1.29, 1.82) is 0 Å². The van der Waals surface area contributed by atoms with E-state index in [1.54, 1.807) is 19.7 Å². The van der Waals surface area contributed by atoms with Crippen LogP contribution in [-0.2, 0) is 28.5 Å². The Morgan fingerprint density at radius 3 is 2.79 bits per heavy atom. The summed E-state index contributed by atoms with van der Waals surface area (Å²) in [5, 5.41) is 9.21. The minimum atomic E-state index is -0.308. The Morgan fingerprint density at radius 2 is 2.05 bits per heavy atom. The predicted molar refractivity (Wildman–Crippen MR) is 145 cm³/mol. The van der Waals surface area contributed by atoms with Gasteiger partial charge in [-0.2, -0.15) is 0 Å². The van der Waals surface area contributed by atoms with E-state index >= 15 is 0 Å². The van der Waals surface area contributed by atoms with Crippen LogP contribution in [0.5, 0.6) is 0 Å². The van der Waals surface area contributed by atoms with Crippen molar-refractivity contribution in [2.24, 2.45) is 7.05 Å². The quantitative estimate of drug-likeness (QED) is 0.381. The van der Waals surface area contributed by atoms with Crippen LogP contribution in [0.3, 0.4) is 0 Å². The van der Waals surface area contributed by atoms with Crippen molar-refractivity contribution < 1.29 is 13.9 Å². The van der Waals surface area contributed by atoms with Gasteiger partial charge in [-0.05, 0) is 61.1 Å². The van der Waals surface area contributed by atoms with Gasteiger partial charge in [0.25, 0.3) is 0 Å². The van der Waals surface area contributed by atoms with Crippen molar-refractivity contribution in [1.82, 2.24) is 19.7 Å². The zero-order chi connectivity index (χ0) is 26.4. The van der Waals surface area contributed by atoms with Crippen LogP contribution in [0, 0.1) is 6.92 Å². The molecule has 6 rings (SSSR count). The molecule has 8 heteroatoms. The smallest absolute Gasteiger partial charge is 0.200 e. The third kappa shape index (κ3) is 4.26. The van der Waals surface area contributed by atoms with Crippen LogP contribution in [0.4, 0.5) is 0 Å². The Bertz CT molecular complexity index is 1540. The molecule has 38 heavy (non-hydrogen) atoms. The van der Waals surface area contributed by atoms with E-state index in [-0.39, 0.29) is 23.1 Å². The lowest BCUT2D eigenvalue weighted by Crippen LogP contribution is -2.48. The molecular weight excluding hydrogens is 480 g/mol. The molecule has 1 saturated heterocycles. The predicted octanol–water partition coefficient (Wildman–Crippen LogP) is 4.21. The molecule has 1 aliphatic carbocycles. The van der Waals surface area contributed by atoms with Gasteiger partial charge < -0.3 is 18.5 Å². The van der Waals surface area contributed by atoms with Gasteiger partial charge in [0.1, 0.15) is 24.0 Å². The third-order valence-electron chi connectivity index (χ3n) is 8.20. The molecule has 1 aliphatic heterocycles. The molecule has 8 nitrogen and oxygen atoms in total. The normalized spacial score (nSPS) is 24.0. The maximum absolute atomic E-state index is 13.9. The fraction of sp³-hybridized carbons (Fsp3) is 0.433. The molecule has 3 heterocycles. The third-order valence-corrected chi connectivity index (χ3v) is 8.20. The number of nitrogens with zero attached hydrogens (tertiary/aromatic N) is 4. The van der Waals surface area contributed by atoms with Crippen LogP contribution in [-0.4, -0.2) is 58.7 Å². The summed E-state index contributed by atoms with van der Waals surface area (Å²) in [4.78, 5) is 16.2. The first-order chi connectivity index (χ1) is 18.4. The number of methoxy groups -OCH3 is 1. The van der Waals surface area contributed by atoms with Crippen LogP contribution < -0.4 is 5.43 Å². The molecule has 2 aliphatic rings. The first kappa shape index (κ1) is 25.0. The minimum Gasteiger partial charge on any atom is -0.463 e. The second kappa shape index (κ2) is 9.76. The highest BCUT2D eigenvalue weighted by atomic mass is 16.5. The molecule has 1 saturated carbocycles. The van der Waals surface area contributed by atoms with E-state index in [0.717, 1.165) is 67.2 Å². The van der Waals surface area contributed by atoms with E-state index in [1.165, 1.54) is 0 Å². The van der Waals surface area contributed by atoms with E-state index in [1.807, 2.05) is 36.7 Å². The Hall–Kier alpha value is -3.33. The number of fused-ring (bicyclic) bond motifs is 1. The summed E-state index contributed by atoms with van der Waals surface area (Å²) in [5.74, 6) is 0.909. The van der Waals surface area contributed by atoms with Gasteiger partial charge in [0.2, 0.25) is 5.43 Å². The molecule has 0 bridgehead atoms. The van der Waals surface area contributed by atoms with Crippen LogP contribution >= 0.6 is 0 Å². The molecule has 0 amide bonds. The molecule has 2 aromatic heterocycles. The average molecular weight is 515 g/mol. The minimum absolute atomic E-state index is 0.0141. The van der Waals surface area contributed by atoms with Crippen molar-refractivity contribution in [3.63, 3.8) is 0 Å². The van der Waals surface area contributed by atoms with E-state index in [4.69, 9.17) is 13.9 Å². The monoisotopic (exact) mass is 514 g/mol. The number of benzene rings is 2. The van der Waals surface area contributed by atoms with Gasteiger partial charge >= 0.3 is 0 Å². The van der Waals surface area contributed by atoms with Crippen LogP contribution in [0.25, 0.3) is 22.1 Å². The standard InChI is InChI=1S/C30H34N4O4/c1-19-10-21(16-34-8-9-37-20(2)15-34)11-25-27(35)26(17-38-28(19)25)22-6-5-7-23(12-22)30(13-24(14-30)36-4)29-32-31-18-33(29)3/h5-7,10-12,17-18,20,24H,8-9,13-16H2,1-4H3/t20-,24?,30?/m1/s1. The zero-order valence-corrected chi connectivity index (χ0v) is 22.4. The zero-order valence-electron chi connectivity index (χ0n) is 22.4. The summed E-state index contributed by atoms with van der Waals surface area (Å²) >= 11 is 0. The molecule has 2 fully saturated rings. The maximum atomic E-state index is 13.9. The van der Waals surface area contributed by atoms with E-state index in [9.17, 15) is 4.79 Å². The molecule has 0 N–H and O–H groups in total. The Labute approximate surface area is 222 Å². The lowest BCUT2D eigenvalue weighted by atomic mass is 9.61. The highest BCUT2D eigenvalue weighted by Gasteiger charge is 2.50. The number of rotatable bonds is 6. The molecule has 0 radical (unpaired) electrons. The van der Waals surface area contributed by atoms with Crippen molar-refractivity contribution in [3.05, 3.63) is 81.7 Å². The highest BCUT2D eigenvalue weighted by Crippen LogP contribution is 2.49. The van der Waals surface area contributed by atoms with Crippen LogP contribution in [0.15, 0.2) is 58.2 Å². The number of morpholine rings is 1. The second-order valence-corrected chi connectivity index (χ2v) is 10.9. The summed E-state index contributed by atoms with van der Waals surface area (Å²) in [6, 6.07) is 12.3. The number of aryl methyl sites for hydroxylation is 2. The molecule has 1 atom stereocenters. The van der Waals surface area contributed by atoms with E-state index in [0.29, 0.717) is 16.5 Å². The Kier molecular flexibility index (Phi) is 6.42. The summed E-state index contributed by atoms with van der Waals surface area (Å²) in [6.45, 7) is 7.39. The highest BCUT2D eigenvalue weighted by molar-refractivity contribution is 5.84. The van der Waals surface area contributed by atoms with E-state index < -0.39 is 0 Å². The Balaban J connectivity index is 1.39. The lowest BCUT2D eigenvalue weighted by Gasteiger charge is -2.46. The van der Waals surface area contributed by atoms with Crippen molar-refractivity contribution in [3.8, 4) is 11.1 Å². The van der Waals surface area contributed by atoms with Crippen molar-refractivity contribution in [2.75, 3.05) is 26.8 Å². The fourth-order valence-corrected chi connectivity index (χ4v) is 6.21. The van der Waals surface area contributed by atoms with Crippen LogP contribution in [0.2, 0.25) is 0 Å². The van der Waals surface area contributed by atoms with Crippen molar-refractivity contribution in [2.45, 2.75) is 50.9 Å². The number of ether oxygens (including phenoxy) is 2.